The minimum absolute atomic E-state index is 0.0807. The van der Waals surface area contributed by atoms with Crippen molar-refractivity contribution in [2.24, 2.45) is 28.1 Å². The number of hydrogen-bond acceptors (Lipinski definition) is 7. The van der Waals surface area contributed by atoms with E-state index in [1.165, 1.54) is 26.0 Å². The first-order valence-electron chi connectivity index (χ1n) is 16.1. The van der Waals surface area contributed by atoms with Gasteiger partial charge in [-0.25, -0.2) is 4.79 Å². The van der Waals surface area contributed by atoms with Crippen molar-refractivity contribution in [3.8, 4) is 0 Å². The fourth-order valence-corrected chi connectivity index (χ4v) is 7.14. The number of likely N-dealkylation sites (N-methyl/N-ethyl adjacent to an activating group) is 2. The Balaban J connectivity index is 2.37. The number of ketones is 1. The summed E-state index contributed by atoms with van der Waals surface area (Å²) in [6, 6.07) is -5.61. The second-order valence-electron chi connectivity index (χ2n) is 16.0. The number of halogens is 3. The van der Waals surface area contributed by atoms with Crippen LogP contribution in [0.25, 0.3) is 0 Å². The van der Waals surface area contributed by atoms with Crippen molar-refractivity contribution < 1.29 is 45.6 Å². The molecule has 0 radical (unpaired) electrons. The zero-order valence-electron chi connectivity index (χ0n) is 30.5. The summed E-state index contributed by atoms with van der Waals surface area (Å²) in [4.78, 5) is 67.6. The zero-order chi connectivity index (χ0) is 38.2. The molecule has 6 atom stereocenters. The summed E-state index contributed by atoms with van der Waals surface area (Å²) >= 11 is 0. The van der Waals surface area contributed by atoms with E-state index in [-0.39, 0.29) is 24.9 Å². The van der Waals surface area contributed by atoms with Crippen LogP contribution in [-0.4, -0.2) is 123 Å². The number of carbonyl (C=O) groups is 5. The molecule has 2 fully saturated rings. The Kier molecular flexibility index (Phi) is 12.7. The van der Waals surface area contributed by atoms with Gasteiger partial charge in [-0.05, 0) is 34.5 Å². The Morgan fingerprint density at radius 1 is 0.918 bits per heavy atom. The molecule has 282 valence electrons. The molecule has 4 N–H and O–H groups in total. The summed E-state index contributed by atoms with van der Waals surface area (Å²) in [6.45, 7) is 14.4. The van der Waals surface area contributed by atoms with Gasteiger partial charge in [-0.1, -0.05) is 55.4 Å². The van der Waals surface area contributed by atoms with Crippen LogP contribution in [0, 0.1) is 28.1 Å². The van der Waals surface area contributed by atoms with Crippen molar-refractivity contribution >= 4 is 39.7 Å². The van der Waals surface area contributed by atoms with Crippen LogP contribution < -0.4 is 21.3 Å². The number of likely N-dealkylation sites (tertiary alicyclic amines) is 1. The van der Waals surface area contributed by atoms with E-state index in [4.69, 9.17) is 0 Å². The van der Waals surface area contributed by atoms with E-state index < -0.39 is 99.2 Å². The lowest BCUT2D eigenvalue weighted by Crippen LogP contribution is -2.63. The predicted octanol–water partition coefficient (Wildman–Crippen LogP) is 1.48. The molecule has 0 spiro atoms. The quantitative estimate of drug-likeness (QED) is 0.208. The lowest BCUT2D eigenvalue weighted by Gasteiger charge is -2.39. The van der Waals surface area contributed by atoms with Gasteiger partial charge in [0.2, 0.25) is 17.6 Å². The standard InChI is InChI=1S/C31H54F3N7O7S/c1-28(2,3)19(16-40(12)49(47,48)39(10)11)37-27(46)38-23(29(4,5)6)26(45)41-15-17-20(30(17,7)8)21(41)24(43)36-18(13-14-31(32,33)34)22(42)25(44)35-9/h17-21,23H,13-16H2,1-12H3,(H,35,44)(H,36,43)(H2,37,38,46)/t17-,18?,19+,20-,21-,23+/m0/s1. The smallest absolute Gasteiger partial charge is 0.353 e. The Morgan fingerprint density at radius 3 is 1.92 bits per heavy atom. The van der Waals surface area contributed by atoms with E-state index in [0.29, 0.717) is 0 Å². The van der Waals surface area contributed by atoms with Crippen molar-refractivity contribution in [1.82, 2.24) is 34.8 Å². The molecule has 5 amide bonds. The van der Waals surface area contributed by atoms with Gasteiger partial charge in [-0.2, -0.15) is 30.2 Å². The van der Waals surface area contributed by atoms with E-state index in [2.05, 4.69) is 21.3 Å². The van der Waals surface area contributed by atoms with Gasteiger partial charge < -0.3 is 26.2 Å². The topological polar surface area (TPSA) is 177 Å². The lowest BCUT2D eigenvalue weighted by molar-refractivity contribution is -0.148. The summed E-state index contributed by atoms with van der Waals surface area (Å²) in [5.41, 5.74) is -1.91. The molecule has 1 aliphatic carbocycles. The van der Waals surface area contributed by atoms with E-state index in [9.17, 15) is 45.6 Å². The van der Waals surface area contributed by atoms with Gasteiger partial charge in [0.25, 0.3) is 16.1 Å². The molecule has 0 bridgehead atoms. The molecule has 1 unspecified atom stereocenters. The molecule has 1 saturated carbocycles. The van der Waals surface area contributed by atoms with E-state index in [1.54, 1.807) is 20.8 Å². The Bertz CT molecular complexity index is 1390. The van der Waals surface area contributed by atoms with Crippen LogP contribution in [0.15, 0.2) is 0 Å². The maximum absolute atomic E-state index is 14.2. The normalized spacial score (nSPS) is 22.6. The summed E-state index contributed by atoms with van der Waals surface area (Å²) in [5.74, 6) is -4.42. The van der Waals surface area contributed by atoms with E-state index >= 15 is 0 Å². The van der Waals surface area contributed by atoms with Gasteiger partial charge in [-0.15, -0.1) is 0 Å². The third kappa shape index (κ3) is 10.1. The molecule has 49 heavy (non-hydrogen) atoms. The highest BCUT2D eigenvalue weighted by molar-refractivity contribution is 7.86. The number of piperidine rings is 1. The maximum Gasteiger partial charge on any atom is 0.389 e. The fourth-order valence-electron chi connectivity index (χ4n) is 6.24. The van der Waals surface area contributed by atoms with E-state index in [1.807, 2.05) is 34.6 Å². The number of amides is 5. The maximum atomic E-state index is 14.2. The van der Waals surface area contributed by atoms with Crippen LogP contribution in [-0.2, 0) is 29.4 Å². The first-order chi connectivity index (χ1) is 22.0. The molecule has 2 aliphatic rings. The minimum Gasteiger partial charge on any atom is -0.353 e. The fraction of sp³-hybridized carbons (Fsp3) is 0.839. The predicted molar refractivity (Wildman–Crippen MR) is 176 cm³/mol. The zero-order valence-corrected chi connectivity index (χ0v) is 31.4. The van der Waals surface area contributed by atoms with Gasteiger partial charge in [0.15, 0.2) is 0 Å². The number of carbonyl (C=O) groups excluding carboxylic acids is 5. The SMILES string of the molecule is CNC(=O)C(=O)C(CCC(F)(F)F)NC(=O)[C@@H]1[C@@H]2[C@H](CN1C(=O)[C@@H](NC(=O)N[C@H](CN(C)S(=O)(=O)N(C)C)C(C)(C)C)C(C)(C)C)C2(C)C. The first kappa shape index (κ1) is 42.2. The number of fused-ring (bicyclic) bond motifs is 1. The highest BCUT2D eigenvalue weighted by Gasteiger charge is 2.70. The van der Waals surface area contributed by atoms with Crippen molar-refractivity contribution in [2.75, 3.05) is 41.3 Å². The van der Waals surface area contributed by atoms with Crippen LogP contribution in [0.2, 0.25) is 0 Å². The van der Waals surface area contributed by atoms with Gasteiger partial charge >= 0.3 is 12.2 Å². The van der Waals surface area contributed by atoms with Gasteiger partial charge in [0, 0.05) is 53.7 Å². The average molecular weight is 726 g/mol. The largest absolute Gasteiger partial charge is 0.389 e. The molecule has 2 rings (SSSR count). The summed E-state index contributed by atoms with van der Waals surface area (Å²) in [5, 5.41) is 9.91. The summed E-state index contributed by atoms with van der Waals surface area (Å²) < 4.78 is 66.8. The van der Waals surface area contributed by atoms with Gasteiger partial charge in [0.1, 0.15) is 12.1 Å². The van der Waals surface area contributed by atoms with Crippen molar-refractivity contribution in [1.29, 1.82) is 0 Å². The molecule has 0 aromatic carbocycles. The second-order valence-corrected chi connectivity index (χ2v) is 18.2. The van der Waals surface area contributed by atoms with Crippen LogP contribution in [0.1, 0.15) is 68.2 Å². The monoisotopic (exact) mass is 725 g/mol. The van der Waals surface area contributed by atoms with Crippen LogP contribution >= 0.6 is 0 Å². The molecule has 0 aromatic rings. The number of hydrogen-bond donors (Lipinski definition) is 4. The van der Waals surface area contributed by atoms with Crippen LogP contribution in [0.4, 0.5) is 18.0 Å². The second kappa shape index (κ2) is 14.7. The first-order valence-corrected chi connectivity index (χ1v) is 17.5. The Morgan fingerprint density at radius 2 is 1.47 bits per heavy atom. The van der Waals surface area contributed by atoms with Gasteiger partial charge in [0.05, 0.1) is 6.04 Å². The minimum atomic E-state index is -4.65. The van der Waals surface area contributed by atoms with Crippen molar-refractivity contribution in [3.05, 3.63) is 0 Å². The lowest BCUT2D eigenvalue weighted by atomic mass is 9.85. The van der Waals surface area contributed by atoms with Crippen LogP contribution in [0.5, 0.6) is 0 Å². The molecule has 1 aliphatic heterocycles. The number of nitrogens with zero attached hydrogens (tertiary/aromatic N) is 3. The van der Waals surface area contributed by atoms with Gasteiger partial charge in [-0.3, -0.25) is 19.2 Å². The molecule has 1 heterocycles. The number of Topliss-reactive ketones (excluding diaryl/α,β-unsaturated/α-hetero) is 1. The van der Waals surface area contributed by atoms with E-state index in [0.717, 1.165) is 15.7 Å². The third-order valence-corrected chi connectivity index (χ3v) is 11.5. The summed E-state index contributed by atoms with van der Waals surface area (Å²) in [7, 11) is 1.50. The molecule has 1 saturated heterocycles. The molecule has 0 aromatic heterocycles. The Labute approximate surface area is 287 Å². The highest BCUT2D eigenvalue weighted by atomic mass is 32.2. The molecule has 14 nitrogen and oxygen atoms in total. The molecular formula is C31H54F3N7O7S. The Hall–Kier alpha value is -2.99. The number of urea groups is 1. The number of nitrogens with one attached hydrogen (secondary N) is 4. The third-order valence-electron chi connectivity index (χ3n) is 9.59. The highest BCUT2D eigenvalue weighted by Crippen LogP contribution is 2.65. The average Bonchev–Trinajstić information content (AvgIpc) is 3.26. The number of rotatable bonds is 13. The number of alkyl halides is 3. The van der Waals surface area contributed by atoms with Crippen molar-refractivity contribution in [3.63, 3.8) is 0 Å². The van der Waals surface area contributed by atoms with Crippen molar-refractivity contribution in [2.45, 2.75) is 98.6 Å². The molecular weight excluding hydrogens is 671 g/mol. The van der Waals surface area contributed by atoms with Crippen LogP contribution in [0.3, 0.4) is 0 Å². The summed E-state index contributed by atoms with van der Waals surface area (Å²) in [6.07, 6.45) is -6.95. The molecule has 18 heteroatoms.